The predicted molar refractivity (Wildman–Crippen MR) is 144 cm³/mol. The maximum absolute atomic E-state index is 6.79. The maximum Gasteiger partial charge on any atom is 0.229 e. The molecule has 2 fully saturated rings. The Morgan fingerprint density at radius 2 is 1.64 bits per heavy atom. The van der Waals surface area contributed by atoms with Gasteiger partial charge in [0.05, 0.1) is 13.2 Å². The second-order valence-electron chi connectivity index (χ2n) is 9.47. The van der Waals surface area contributed by atoms with Gasteiger partial charge in [0.15, 0.2) is 5.79 Å². The van der Waals surface area contributed by atoms with Gasteiger partial charge in [-0.05, 0) is 43.4 Å². The molecule has 1 atom stereocenters. The molecule has 0 amide bonds. The minimum Gasteiger partial charge on any atom is -0.378 e. The first-order valence-electron chi connectivity index (χ1n) is 12.6. The van der Waals surface area contributed by atoms with Crippen LogP contribution in [0.3, 0.4) is 0 Å². The van der Waals surface area contributed by atoms with Crippen LogP contribution in [0.25, 0.3) is 0 Å². The third-order valence-corrected chi connectivity index (χ3v) is 6.71. The van der Waals surface area contributed by atoms with E-state index in [0.29, 0.717) is 18.3 Å². The summed E-state index contributed by atoms with van der Waals surface area (Å²) in [6.45, 7) is 8.39. The molecule has 0 aliphatic carbocycles. The Labute approximate surface area is 212 Å². The van der Waals surface area contributed by atoms with Gasteiger partial charge in [0.25, 0.3) is 0 Å². The SMILES string of the molecule is CN1CCN(CCC2(N)N=C(Nc3ccc(N4CCOCC4)cc3)N=C(Nc3ccncc3)N2)CC1. The quantitative estimate of drug-likeness (QED) is 0.468. The summed E-state index contributed by atoms with van der Waals surface area (Å²) in [5.74, 6) is 0.0195. The standard InChI is InChI=1S/C25H36N10O/c1-33-12-14-34(15-13-33)11-8-25(26)31-23(30-24(32-25)29-21-6-9-27-10-7-21)28-20-2-4-22(5-3-20)35-16-18-36-19-17-35/h2-7,9-10H,8,11-19,26H2,1H3,(H3,27,28,29,30,31,32). The van der Waals surface area contributed by atoms with Crippen molar-refractivity contribution >= 4 is 29.0 Å². The number of nitrogens with zero attached hydrogens (tertiary/aromatic N) is 6. The van der Waals surface area contributed by atoms with Crippen LogP contribution in [0.1, 0.15) is 6.42 Å². The van der Waals surface area contributed by atoms with Crippen LogP contribution < -0.4 is 26.6 Å². The second-order valence-corrected chi connectivity index (χ2v) is 9.47. The van der Waals surface area contributed by atoms with Gasteiger partial charge in [0, 0.05) is 81.7 Å². The number of hydrogen-bond acceptors (Lipinski definition) is 11. The molecule has 192 valence electrons. The average Bonchev–Trinajstić information content (AvgIpc) is 2.90. The van der Waals surface area contributed by atoms with Crippen molar-refractivity contribution < 1.29 is 4.74 Å². The molecule has 5 rings (SSSR count). The summed E-state index contributed by atoms with van der Waals surface area (Å²) in [4.78, 5) is 20.6. The number of piperazine rings is 1. The van der Waals surface area contributed by atoms with E-state index in [0.717, 1.165) is 70.4 Å². The van der Waals surface area contributed by atoms with Crippen molar-refractivity contribution in [1.82, 2.24) is 20.1 Å². The fraction of sp³-hybridized carbons (Fsp3) is 0.480. The lowest BCUT2D eigenvalue weighted by molar-refractivity contribution is 0.122. The molecular formula is C25H36N10O. The normalized spacial score (nSPS) is 23.4. The largest absolute Gasteiger partial charge is 0.378 e. The van der Waals surface area contributed by atoms with E-state index in [1.54, 1.807) is 12.4 Å². The predicted octanol–water partition coefficient (Wildman–Crippen LogP) is 1.01. The van der Waals surface area contributed by atoms with E-state index in [1.807, 2.05) is 24.3 Å². The van der Waals surface area contributed by atoms with E-state index in [1.165, 1.54) is 5.69 Å². The zero-order chi connectivity index (χ0) is 24.8. The second kappa shape index (κ2) is 11.2. The summed E-state index contributed by atoms with van der Waals surface area (Å²) in [5, 5.41) is 9.97. The van der Waals surface area contributed by atoms with Gasteiger partial charge in [0.2, 0.25) is 11.9 Å². The number of likely N-dealkylation sites (N-methyl/N-ethyl adjacent to an activating group) is 1. The number of nitrogens with two attached hydrogens (primary N) is 1. The van der Waals surface area contributed by atoms with Crippen molar-refractivity contribution in [2.45, 2.75) is 12.2 Å². The van der Waals surface area contributed by atoms with Gasteiger partial charge in [-0.25, -0.2) is 4.99 Å². The van der Waals surface area contributed by atoms with Crippen LogP contribution in [0.5, 0.6) is 0 Å². The number of anilines is 3. The van der Waals surface area contributed by atoms with E-state index in [2.05, 4.69) is 59.8 Å². The van der Waals surface area contributed by atoms with Gasteiger partial charge in [-0.1, -0.05) is 0 Å². The van der Waals surface area contributed by atoms with Crippen molar-refractivity contribution in [3.63, 3.8) is 0 Å². The van der Waals surface area contributed by atoms with Crippen molar-refractivity contribution in [1.29, 1.82) is 0 Å². The first kappa shape index (κ1) is 24.4. The molecule has 5 N–H and O–H groups in total. The van der Waals surface area contributed by atoms with Crippen LogP contribution in [0, 0.1) is 0 Å². The number of benzene rings is 1. The van der Waals surface area contributed by atoms with Crippen LogP contribution in [0.15, 0.2) is 58.8 Å². The minimum atomic E-state index is -0.990. The lowest BCUT2D eigenvalue weighted by Crippen LogP contribution is -2.60. The number of aliphatic imine (C=N–C) groups is 2. The Morgan fingerprint density at radius 1 is 0.944 bits per heavy atom. The summed E-state index contributed by atoms with van der Waals surface area (Å²) in [6.07, 6.45) is 4.12. The molecule has 0 bridgehead atoms. The van der Waals surface area contributed by atoms with Gasteiger partial charge < -0.3 is 35.4 Å². The van der Waals surface area contributed by atoms with Crippen molar-refractivity contribution in [2.75, 3.05) is 81.6 Å². The molecule has 0 radical (unpaired) electrons. The Balaban J connectivity index is 1.30. The van der Waals surface area contributed by atoms with Crippen molar-refractivity contribution in [3.05, 3.63) is 48.8 Å². The number of aromatic nitrogens is 1. The molecule has 2 saturated heterocycles. The van der Waals surface area contributed by atoms with Gasteiger partial charge >= 0.3 is 0 Å². The number of pyridine rings is 1. The highest BCUT2D eigenvalue weighted by Crippen LogP contribution is 2.20. The van der Waals surface area contributed by atoms with E-state index >= 15 is 0 Å². The Morgan fingerprint density at radius 3 is 2.36 bits per heavy atom. The molecule has 4 heterocycles. The smallest absolute Gasteiger partial charge is 0.229 e. The average molecular weight is 493 g/mol. The third kappa shape index (κ3) is 6.49. The minimum absolute atomic E-state index is 0.463. The lowest BCUT2D eigenvalue weighted by Gasteiger charge is -2.36. The zero-order valence-corrected chi connectivity index (χ0v) is 20.9. The van der Waals surface area contributed by atoms with E-state index in [9.17, 15) is 0 Å². The monoisotopic (exact) mass is 492 g/mol. The molecule has 0 spiro atoms. The summed E-state index contributed by atoms with van der Waals surface area (Å²) >= 11 is 0. The van der Waals surface area contributed by atoms with E-state index in [4.69, 9.17) is 15.5 Å². The molecule has 1 aromatic heterocycles. The lowest BCUT2D eigenvalue weighted by atomic mass is 10.2. The number of rotatable bonds is 6. The number of morpholine rings is 1. The van der Waals surface area contributed by atoms with Gasteiger partial charge in [-0.15, -0.1) is 0 Å². The number of guanidine groups is 2. The van der Waals surface area contributed by atoms with E-state index < -0.39 is 5.79 Å². The molecule has 0 saturated carbocycles. The number of nitrogens with one attached hydrogen (secondary N) is 3. The number of hydrogen-bond donors (Lipinski definition) is 4. The van der Waals surface area contributed by atoms with Crippen LogP contribution in [0.4, 0.5) is 17.1 Å². The summed E-state index contributed by atoms with van der Waals surface area (Å²) in [6, 6.07) is 12.1. The molecule has 2 aromatic rings. The topological polar surface area (TPSA) is 119 Å². The van der Waals surface area contributed by atoms with Gasteiger partial charge in [-0.2, -0.15) is 4.99 Å². The molecule has 1 unspecified atom stereocenters. The van der Waals surface area contributed by atoms with Crippen molar-refractivity contribution in [2.24, 2.45) is 15.7 Å². The summed E-state index contributed by atoms with van der Waals surface area (Å²) in [5.41, 5.74) is 9.74. The van der Waals surface area contributed by atoms with Crippen LogP contribution in [-0.2, 0) is 4.74 Å². The number of ether oxygens (including phenoxy) is 1. The molecular weight excluding hydrogens is 456 g/mol. The first-order chi connectivity index (χ1) is 17.5. The first-order valence-corrected chi connectivity index (χ1v) is 12.6. The van der Waals surface area contributed by atoms with Crippen LogP contribution >= 0.6 is 0 Å². The third-order valence-electron chi connectivity index (χ3n) is 6.71. The molecule has 36 heavy (non-hydrogen) atoms. The Kier molecular flexibility index (Phi) is 7.61. The fourth-order valence-corrected chi connectivity index (χ4v) is 4.49. The molecule has 3 aliphatic rings. The Hall–Kier alpha value is -3.25. The van der Waals surface area contributed by atoms with Crippen LogP contribution in [0.2, 0.25) is 0 Å². The summed E-state index contributed by atoms with van der Waals surface area (Å²) < 4.78 is 5.46. The highest BCUT2D eigenvalue weighted by molar-refractivity contribution is 6.08. The van der Waals surface area contributed by atoms with Gasteiger partial charge in [-0.3, -0.25) is 10.7 Å². The Bertz CT molecular complexity index is 1050. The highest BCUT2D eigenvalue weighted by atomic mass is 16.5. The van der Waals surface area contributed by atoms with Gasteiger partial charge in [0.1, 0.15) is 0 Å². The molecule has 11 nitrogen and oxygen atoms in total. The zero-order valence-electron chi connectivity index (χ0n) is 20.9. The molecule has 1 aromatic carbocycles. The summed E-state index contributed by atoms with van der Waals surface area (Å²) in [7, 11) is 2.16. The van der Waals surface area contributed by atoms with Crippen molar-refractivity contribution in [3.8, 4) is 0 Å². The highest BCUT2D eigenvalue weighted by Gasteiger charge is 2.31. The fourth-order valence-electron chi connectivity index (χ4n) is 4.49. The molecule has 11 heteroatoms. The molecule has 3 aliphatic heterocycles. The van der Waals surface area contributed by atoms with Crippen LogP contribution in [-0.4, -0.2) is 98.6 Å². The van der Waals surface area contributed by atoms with E-state index in [-0.39, 0.29) is 0 Å². The maximum atomic E-state index is 6.79.